The maximum Gasteiger partial charge on any atom is 0.407 e. The molecule has 2 unspecified atom stereocenters. The SMILES string of the molecule is O=C(NCCC(O)C(O)c1ccc2c(=O)c(C(=O)O)c[nH]c2c1)OCc1ccccc1. The van der Waals surface area contributed by atoms with Gasteiger partial charge in [0.05, 0.1) is 6.10 Å². The van der Waals surface area contributed by atoms with Crippen LogP contribution in [0.1, 0.15) is 34.0 Å². The van der Waals surface area contributed by atoms with Gasteiger partial charge in [0.2, 0.25) is 5.43 Å². The highest BCUT2D eigenvalue weighted by atomic mass is 16.5. The fraction of sp³-hybridized carbons (Fsp3) is 0.227. The molecule has 0 radical (unpaired) electrons. The Bertz CT molecular complexity index is 1130. The van der Waals surface area contributed by atoms with Crippen LogP contribution in [-0.4, -0.2) is 45.0 Å². The number of hydrogen-bond donors (Lipinski definition) is 5. The van der Waals surface area contributed by atoms with Crippen LogP contribution in [0.2, 0.25) is 0 Å². The Balaban J connectivity index is 1.54. The lowest BCUT2D eigenvalue weighted by Gasteiger charge is -2.19. The monoisotopic (exact) mass is 426 g/mol. The van der Waals surface area contributed by atoms with Crippen molar-refractivity contribution in [2.45, 2.75) is 25.2 Å². The van der Waals surface area contributed by atoms with Gasteiger partial charge in [-0.2, -0.15) is 0 Å². The number of hydrogen-bond acceptors (Lipinski definition) is 6. The summed E-state index contributed by atoms with van der Waals surface area (Å²) in [6.45, 7) is 0.203. The quantitative estimate of drug-likeness (QED) is 0.369. The molecule has 5 N–H and O–H groups in total. The molecule has 9 heteroatoms. The predicted octanol–water partition coefficient (Wildman–Crippen LogP) is 1.94. The molecule has 0 aliphatic carbocycles. The van der Waals surface area contributed by atoms with Crippen molar-refractivity contribution in [2.24, 2.45) is 0 Å². The number of aromatic amines is 1. The van der Waals surface area contributed by atoms with Gasteiger partial charge in [-0.3, -0.25) is 4.79 Å². The van der Waals surface area contributed by atoms with Gasteiger partial charge in [-0.1, -0.05) is 36.4 Å². The average Bonchev–Trinajstić information content (AvgIpc) is 2.77. The first kappa shape index (κ1) is 22.0. The minimum atomic E-state index is -1.34. The summed E-state index contributed by atoms with van der Waals surface area (Å²) in [4.78, 5) is 37.7. The molecule has 1 heterocycles. The molecule has 0 saturated heterocycles. The van der Waals surface area contributed by atoms with Crippen LogP contribution in [0.15, 0.2) is 59.5 Å². The third-order valence-electron chi connectivity index (χ3n) is 4.76. The van der Waals surface area contributed by atoms with Gasteiger partial charge >= 0.3 is 12.1 Å². The third-order valence-corrected chi connectivity index (χ3v) is 4.76. The third kappa shape index (κ3) is 5.47. The average molecular weight is 426 g/mol. The number of alkyl carbamates (subject to hydrolysis) is 1. The van der Waals surface area contributed by atoms with Crippen LogP contribution in [0.25, 0.3) is 10.9 Å². The minimum absolute atomic E-state index is 0.0636. The van der Waals surface area contributed by atoms with Crippen molar-refractivity contribution < 1.29 is 29.6 Å². The van der Waals surface area contributed by atoms with Gasteiger partial charge in [-0.15, -0.1) is 0 Å². The first-order valence-corrected chi connectivity index (χ1v) is 9.56. The van der Waals surface area contributed by atoms with Gasteiger partial charge in [0.25, 0.3) is 0 Å². The summed E-state index contributed by atoms with van der Waals surface area (Å²) in [5.41, 5.74) is 0.497. The van der Waals surface area contributed by atoms with Crippen LogP contribution in [0.5, 0.6) is 0 Å². The number of carboxylic acid groups (broad SMARTS) is 1. The van der Waals surface area contributed by atoms with Crippen molar-refractivity contribution in [1.82, 2.24) is 10.3 Å². The highest BCUT2D eigenvalue weighted by Gasteiger charge is 2.20. The smallest absolute Gasteiger partial charge is 0.407 e. The number of aromatic nitrogens is 1. The van der Waals surface area contributed by atoms with E-state index in [1.807, 2.05) is 30.3 Å². The largest absolute Gasteiger partial charge is 0.477 e. The Kier molecular flexibility index (Phi) is 7.01. The Morgan fingerprint density at radius 3 is 2.55 bits per heavy atom. The lowest BCUT2D eigenvalue weighted by Crippen LogP contribution is -2.29. The highest BCUT2D eigenvalue weighted by molar-refractivity contribution is 5.92. The lowest BCUT2D eigenvalue weighted by atomic mass is 10.00. The molecule has 3 aromatic rings. The molecule has 3 rings (SSSR count). The number of fused-ring (bicyclic) bond motifs is 1. The molecule has 9 nitrogen and oxygen atoms in total. The predicted molar refractivity (Wildman–Crippen MR) is 112 cm³/mol. The zero-order valence-electron chi connectivity index (χ0n) is 16.4. The molecule has 0 spiro atoms. The van der Waals surface area contributed by atoms with E-state index >= 15 is 0 Å². The van der Waals surface area contributed by atoms with Crippen molar-refractivity contribution in [2.75, 3.05) is 6.54 Å². The fourth-order valence-electron chi connectivity index (χ4n) is 3.06. The fourth-order valence-corrected chi connectivity index (χ4v) is 3.06. The van der Waals surface area contributed by atoms with E-state index in [0.717, 1.165) is 11.8 Å². The van der Waals surface area contributed by atoms with E-state index in [0.29, 0.717) is 11.1 Å². The molecule has 1 amide bonds. The van der Waals surface area contributed by atoms with Crippen LogP contribution in [0.4, 0.5) is 4.79 Å². The number of carbonyl (C=O) groups excluding carboxylic acids is 1. The molecule has 162 valence electrons. The van der Waals surface area contributed by atoms with Gasteiger partial charge in [0.1, 0.15) is 18.3 Å². The van der Waals surface area contributed by atoms with Crippen LogP contribution in [0.3, 0.4) is 0 Å². The van der Waals surface area contributed by atoms with Gasteiger partial charge in [0, 0.05) is 23.6 Å². The van der Waals surface area contributed by atoms with E-state index in [-0.39, 0.29) is 30.5 Å². The molecule has 0 bridgehead atoms. The zero-order chi connectivity index (χ0) is 22.4. The molecule has 2 aromatic carbocycles. The van der Waals surface area contributed by atoms with Crippen molar-refractivity contribution in [3.8, 4) is 0 Å². The Morgan fingerprint density at radius 1 is 1.10 bits per heavy atom. The number of rotatable bonds is 8. The van der Waals surface area contributed by atoms with E-state index in [1.54, 1.807) is 0 Å². The molecule has 0 aliphatic heterocycles. The van der Waals surface area contributed by atoms with Crippen LogP contribution >= 0.6 is 0 Å². The lowest BCUT2D eigenvalue weighted by molar-refractivity contribution is 0.0137. The van der Waals surface area contributed by atoms with Gasteiger partial charge in [-0.05, 0) is 29.7 Å². The summed E-state index contributed by atoms with van der Waals surface area (Å²) < 4.78 is 5.07. The van der Waals surface area contributed by atoms with Crippen molar-refractivity contribution >= 4 is 23.0 Å². The number of pyridine rings is 1. The summed E-state index contributed by atoms with van der Waals surface area (Å²) in [5.74, 6) is -1.34. The van der Waals surface area contributed by atoms with Crippen LogP contribution in [0, 0.1) is 0 Å². The highest BCUT2D eigenvalue weighted by Crippen LogP contribution is 2.22. The summed E-state index contributed by atoms with van der Waals surface area (Å²) in [7, 11) is 0. The van der Waals surface area contributed by atoms with Crippen molar-refractivity contribution in [3.63, 3.8) is 0 Å². The Labute approximate surface area is 176 Å². The van der Waals surface area contributed by atoms with E-state index in [1.165, 1.54) is 18.2 Å². The number of ether oxygens (including phenoxy) is 1. The molecular formula is C22H22N2O7. The van der Waals surface area contributed by atoms with Gasteiger partial charge in [-0.25, -0.2) is 9.59 Å². The number of nitrogens with one attached hydrogen (secondary N) is 2. The molecule has 0 aliphatic rings. The number of aliphatic hydroxyl groups is 2. The number of carboxylic acids is 1. The number of aromatic carboxylic acids is 1. The molecular weight excluding hydrogens is 404 g/mol. The second-order valence-electron chi connectivity index (χ2n) is 6.93. The summed E-state index contributed by atoms with van der Waals surface area (Å²) in [5, 5.41) is 32.3. The maximum absolute atomic E-state index is 12.2. The van der Waals surface area contributed by atoms with Crippen molar-refractivity contribution in [3.05, 3.63) is 81.6 Å². The second kappa shape index (κ2) is 9.88. The summed E-state index contributed by atoms with van der Waals surface area (Å²) in [6, 6.07) is 13.5. The maximum atomic E-state index is 12.2. The number of amides is 1. The molecule has 31 heavy (non-hydrogen) atoms. The first-order valence-electron chi connectivity index (χ1n) is 9.56. The number of H-pyrrole nitrogens is 1. The molecule has 0 fully saturated rings. The first-order chi connectivity index (χ1) is 14.9. The van der Waals surface area contributed by atoms with E-state index < -0.39 is 29.7 Å². The summed E-state index contributed by atoms with van der Waals surface area (Å²) >= 11 is 0. The number of aliphatic hydroxyl groups excluding tert-OH is 2. The van der Waals surface area contributed by atoms with Crippen LogP contribution < -0.4 is 10.7 Å². The molecule has 0 saturated carbocycles. The standard InChI is InChI=1S/C22H22N2O7/c25-18(8-9-23-22(30)31-12-13-4-2-1-3-5-13)19(26)14-6-7-15-17(10-14)24-11-16(20(15)27)21(28)29/h1-7,10-11,18-19,25-26H,8-9,12H2,(H,23,30)(H,24,27)(H,28,29). The molecule has 1 aromatic heterocycles. The zero-order valence-corrected chi connectivity index (χ0v) is 16.4. The second-order valence-corrected chi connectivity index (χ2v) is 6.93. The topological polar surface area (TPSA) is 149 Å². The normalized spacial score (nSPS) is 12.8. The molecule has 2 atom stereocenters. The number of carbonyl (C=O) groups is 2. The van der Waals surface area contributed by atoms with E-state index in [9.17, 15) is 24.6 Å². The van der Waals surface area contributed by atoms with Gasteiger partial charge < -0.3 is 30.4 Å². The van der Waals surface area contributed by atoms with Gasteiger partial charge in [0.15, 0.2) is 0 Å². The van der Waals surface area contributed by atoms with E-state index in [4.69, 9.17) is 9.84 Å². The minimum Gasteiger partial charge on any atom is -0.477 e. The summed E-state index contributed by atoms with van der Waals surface area (Å²) in [6.07, 6.45) is -1.94. The van der Waals surface area contributed by atoms with Crippen LogP contribution in [-0.2, 0) is 11.3 Å². The Hall–Kier alpha value is -3.69. The number of benzene rings is 2. The van der Waals surface area contributed by atoms with Crippen molar-refractivity contribution in [1.29, 1.82) is 0 Å². The Morgan fingerprint density at radius 2 is 1.84 bits per heavy atom. The van der Waals surface area contributed by atoms with E-state index in [2.05, 4.69) is 10.3 Å².